The van der Waals surface area contributed by atoms with Crippen LogP contribution in [0.3, 0.4) is 0 Å². The maximum atomic E-state index is 11.4. The Hall–Kier alpha value is -0.890. The molecule has 0 bridgehead atoms. The Kier molecular flexibility index (Phi) is 5.80. The molecule has 0 radical (unpaired) electrons. The molecule has 2 rings (SSSR count). The molecule has 21 heavy (non-hydrogen) atoms. The van der Waals surface area contributed by atoms with Gasteiger partial charge in [0, 0.05) is 28.3 Å². The lowest BCUT2D eigenvalue weighted by Gasteiger charge is -2.34. The minimum absolute atomic E-state index is 0.200. The molecule has 5 nitrogen and oxygen atoms in total. The second kappa shape index (κ2) is 7.40. The van der Waals surface area contributed by atoms with Crippen molar-refractivity contribution in [2.45, 2.75) is 45.2 Å². The average Bonchev–Trinajstić information content (AvgIpc) is 2.46. The van der Waals surface area contributed by atoms with E-state index in [1.807, 2.05) is 12.1 Å². The molecule has 1 heterocycles. The lowest BCUT2D eigenvalue weighted by atomic mass is 10.0. The summed E-state index contributed by atoms with van der Waals surface area (Å²) in [7, 11) is 0. The molecule has 0 amide bonds. The molecule has 1 saturated heterocycles. The summed E-state index contributed by atoms with van der Waals surface area (Å²) in [4.78, 5) is 13.2. The molecule has 1 unspecified atom stereocenters. The molecule has 0 spiro atoms. The molecule has 1 aliphatic heterocycles. The number of nitro groups is 1. The second-order valence-corrected chi connectivity index (χ2v) is 7.03. The summed E-state index contributed by atoms with van der Waals surface area (Å²) in [6.45, 7) is 6.04. The van der Waals surface area contributed by atoms with Crippen molar-refractivity contribution in [3.05, 3.63) is 31.9 Å². The largest absolute Gasteiger partial charge is 0.362 e. The van der Waals surface area contributed by atoms with Crippen LogP contribution in [-0.2, 0) is 0 Å². The van der Waals surface area contributed by atoms with E-state index in [1.165, 1.54) is 12.8 Å². The van der Waals surface area contributed by atoms with Gasteiger partial charge >= 0.3 is 0 Å². The Labute approximate surface area is 139 Å². The molecule has 1 aliphatic rings. The fraction of sp³-hybridized carbons (Fsp3) is 0.600. The third-order valence-corrected chi connectivity index (χ3v) is 4.57. The molecule has 0 aromatic heterocycles. The molecule has 0 saturated carbocycles. The van der Waals surface area contributed by atoms with Crippen LogP contribution in [0.2, 0.25) is 0 Å². The summed E-state index contributed by atoms with van der Waals surface area (Å²) < 4.78 is 0.891. The topological polar surface area (TPSA) is 58.4 Å². The van der Waals surface area contributed by atoms with E-state index < -0.39 is 0 Å². The van der Waals surface area contributed by atoms with Crippen molar-refractivity contribution in [1.82, 2.24) is 5.32 Å². The molecule has 1 fully saturated rings. The van der Waals surface area contributed by atoms with Crippen LogP contribution in [0, 0.1) is 13.7 Å². The molecular weight excluding hydrogens is 381 g/mol. The third-order valence-electron chi connectivity index (χ3n) is 3.90. The predicted molar refractivity (Wildman–Crippen MR) is 93.9 cm³/mol. The van der Waals surface area contributed by atoms with Crippen molar-refractivity contribution in [2.75, 3.05) is 18.0 Å². The van der Waals surface area contributed by atoms with Crippen LogP contribution >= 0.6 is 22.6 Å². The predicted octanol–water partition coefficient (Wildman–Crippen LogP) is 3.56. The number of hydrogen-bond donors (Lipinski definition) is 1. The molecule has 1 aromatic carbocycles. The Morgan fingerprint density at radius 3 is 2.81 bits per heavy atom. The number of nitrogens with zero attached hydrogens (tertiary/aromatic N) is 2. The highest BCUT2D eigenvalue weighted by molar-refractivity contribution is 14.1. The van der Waals surface area contributed by atoms with Gasteiger partial charge in [0.25, 0.3) is 5.69 Å². The number of nitrogens with one attached hydrogen (secondary N) is 1. The summed E-state index contributed by atoms with van der Waals surface area (Å²) in [5.41, 5.74) is 0.925. The minimum atomic E-state index is -0.277. The lowest BCUT2D eigenvalue weighted by molar-refractivity contribution is -0.384. The Morgan fingerprint density at radius 1 is 1.48 bits per heavy atom. The highest BCUT2D eigenvalue weighted by Crippen LogP contribution is 2.31. The molecule has 0 aliphatic carbocycles. The highest BCUT2D eigenvalue weighted by Gasteiger charge is 2.25. The van der Waals surface area contributed by atoms with Crippen LogP contribution in [0.15, 0.2) is 18.2 Å². The number of piperidine rings is 1. The van der Waals surface area contributed by atoms with E-state index in [2.05, 4.69) is 46.7 Å². The van der Waals surface area contributed by atoms with E-state index in [1.54, 1.807) is 6.07 Å². The van der Waals surface area contributed by atoms with Gasteiger partial charge in [-0.2, -0.15) is 0 Å². The van der Waals surface area contributed by atoms with Crippen LogP contribution in [0.1, 0.15) is 33.1 Å². The second-order valence-electron chi connectivity index (χ2n) is 5.78. The molecule has 1 atom stereocenters. The summed E-state index contributed by atoms with van der Waals surface area (Å²) in [5, 5.41) is 14.9. The molecule has 1 aromatic rings. The summed E-state index contributed by atoms with van der Waals surface area (Å²) in [5.74, 6) is 0. The van der Waals surface area contributed by atoms with Crippen molar-refractivity contribution in [3.8, 4) is 0 Å². The van der Waals surface area contributed by atoms with Crippen molar-refractivity contribution < 1.29 is 4.92 Å². The van der Waals surface area contributed by atoms with E-state index in [0.717, 1.165) is 28.8 Å². The number of benzene rings is 1. The zero-order chi connectivity index (χ0) is 15.4. The number of halogens is 1. The first-order chi connectivity index (χ1) is 9.99. The number of rotatable bonds is 5. The number of nitro benzene ring substituents is 1. The molecule has 6 heteroatoms. The summed E-state index contributed by atoms with van der Waals surface area (Å²) in [6.07, 6.45) is 3.60. The van der Waals surface area contributed by atoms with Gasteiger partial charge in [-0.25, -0.2) is 0 Å². The molecular formula is C15H22IN3O2. The van der Waals surface area contributed by atoms with Gasteiger partial charge in [0.15, 0.2) is 0 Å². The average molecular weight is 403 g/mol. The Balaban J connectivity index is 2.27. The summed E-state index contributed by atoms with van der Waals surface area (Å²) in [6, 6.07) is 6.11. The van der Waals surface area contributed by atoms with E-state index in [9.17, 15) is 10.1 Å². The minimum Gasteiger partial charge on any atom is -0.362 e. The van der Waals surface area contributed by atoms with Crippen molar-refractivity contribution in [3.63, 3.8) is 0 Å². The smallest absolute Gasteiger partial charge is 0.293 e. The van der Waals surface area contributed by atoms with Gasteiger partial charge in [0.05, 0.1) is 4.92 Å². The van der Waals surface area contributed by atoms with Crippen LogP contribution in [-0.4, -0.2) is 30.1 Å². The van der Waals surface area contributed by atoms with Gasteiger partial charge in [-0.05, 0) is 68.0 Å². The fourth-order valence-corrected chi connectivity index (χ4v) is 3.27. The SMILES string of the molecule is CC(C)N(CC1CCCCN1)c1ccc(I)cc1[N+](=O)[O-]. The van der Waals surface area contributed by atoms with E-state index in [0.29, 0.717) is 6.04 Å². The van der Waals surface area contributed by atoms with Gasteiger partial charge in [-0.15, -0.1) is 0 Å². The van der Waals surface area contributed by atoms with Crippen LogP contribution in [0.25, 0.3) is 0 Å². The van der Waals surface area contributed by atoms with Crippen molar-refractivity contribution >= 4 is 34.0 Å². The van der Waals surface area contributed by atoms with E-state index in [-0.39, 0.29) is 16.7 Å². The van der Waals surface area contributed by atoms with Gasteiger partial charge in [0.2, 0.25) is 0 Å². The highest BCUT2D eigenvalue weighted by atomic mass is 127. The van der Waals surface area contributed by atoms with E-state index in [4.69, 9.17) is 0 Å². The lowest BCUT2D eigenvalue weighted by Crippen LogP contribution is -2.46. The first-order valence-corrected chi connectivity index (χ1v) is 8.51. The zero-order valence-corrected chi connectivity index (χ0v) is 14.7. The Morgan fingerprint density at radius 2 is 2.24 bits per heavy atom. The third kappa shape index (κ3) is 4.29. The van der Waals surface area contributed by atoms with Crippen LogP contribution in [0.4, 0.5) is 11.4 Å². The number of anilines is 1. The van der Waals surface area contributed by atoms with Gasteiger partial charge in [-0.1, -0.05) is 6.42 Å². The van der Waals surface area contributed by atoms with Crippen molar-refractivity contribution in [2.24, 2.45) is 0 Å². The molecule has 116 valence electrons. The first kappa shape index (κ1) is 16.5. The standard InChI is InChI=1S/C15H22IN3O2/c1-11(2)18(10-13-5-3-4-8-17-13)14-7-6-12(16)9-15(14)19(20)21/h6-7,9,11,13,17H,3-5,8,10H2,1-2H3. The van der Waals surface area contributed by atoms with Crippen LogP contribution < -0.4 is 10.2 Å². The monoisotopic (exact) mass is 403 g/mol. The zero-order valence-electron chi connectivity index (χ0n) is 12.5. The molecule has 1 N–H and O–H groups in total. The van der Waals surface area contributed by atoms with Gasteiger partial charge in [-0.3, -0.25) is 10.1 Å². The summed E-state index contributed by atoms with van der Waals surface area (Å²) >= 11 is 2.12. The maximum Gasteiger partial charge on any atom is 0.293 e. The van der Waals surface area contributed by atoms with Gasteiger partial charge < -0.3 is 10.2 Å². The first-order valence-electron chi connectivity index (χ1n) is 7.43. The maximum absolute atomic E-state index is 11.4. The Bertz CT molecular complexity index is 502. The normalized spacial score (nSPS) is 18.8. The van der Waals surface area contributed by atoms with Crippen molar-refractivity contribution in [1.29, 1.82) is 0 Å². The van der Waals surface area contributed by atoms with Gasteiger partial charge in [0.1, 0.15) is 5.69 Å². The quantitative estimate of drug-likeness (QED) is 0.464. The van der Waals surface area contributed by atoms with E-state index >= 15 is 0 Å². The fourth-order valence-electron chi connectivity index (χ4n) is 2.79. The number of hydrogen-bond acceptors (Lipinski definition) is 4. The van der Waals surface area contributed by atoms with Crippen LogP contribution in [0.5, 0.6) is 0 Å².